The maximum atomic E-state index is 2.67. The van der Waals surface area contributed by atoms with Crippen LogP contribution in [0.2, 0.25) is 0 Å². The molecule has 0 N–H and O–H groups in total. The highest BCUT2D eigenvalue weighted by Crippen LogP contribution is 2.52. The Hall–Kier alpha value is -5.06. The Kier molecular flexibility index (Phi) is 8.39. The van der Waals surface area contributed by atoms with Crippen molar-refractivity contribution in [2.45, 2.75) is 111 Å². The molecule has 0 bridgehead atoms. The molecule has 0 amide bonds. The van der Waals surface area contributed by atoms with Gasteiger partial charge in [0, 0.05) is 43.3 Å². The molecule has 0 radical (unpaired) electrons. The number of nitrogens with zero attached hydrogens (tertiary/aromatic N) is 2. The second kappa shape index (κ2) is 13.0. The molecule has 4 heteroatoms. The lowest BCUT2D eigenvalue weighted by atomic mass is 9.35. The topological polar surface area (TPSA) is 6.48 Å². The zero-order valence-electron chi connectivity index (χ0n) is 36.8. The van der Waals surface area contributed by atoms with E-state index in [2.05, 4.69) is 207 Å². The van der Waals surface area contributed by atoms with Gasteiger partial charge >= 0.3 is 0 Å². The van der Waals surface area contributed by atoms with Gasteiger partial charge in [-0.3, -0.25) is 0 Å². The van der Waals surface area contributed by atoms with Crippen molar-refractivity contribution in [1.29, 1.82) is 0 Å². The van der Waals surface area contributed by atoms with E-state index in [0.29, 0.717) is 0 Å². The van der Waals surface area contributed by atoms with Gasteiger partial charge in [-0.05, 0) is 146 Å². The Morgan fingerprint density at radius 2 is 1.10 bits per heavy atom. The van der Waals surface area contributed by atoms with Gasteiger partial charge in [-0.15, -0.1) is 11.3 Å². The number of benzene rings is 6. The fraction of sp³-hybridized carbons (Fsp3) is 0.309. The molecule has 0 spiro atoms. The van der Waals surface area contributed by atoms with Gasteiger partial charge in [0.25, 0.3) is 6.71 Å². The molecule has 2 aliphatic heterocycles. The first-order chi connectivity index (χ1) is 27.9. The molecule has 6 aromatic carbocycles. The molecule has 0 fully saturated rings. The summed E-state index contributed by atoms with van der Waals surface area (Å²) in [5.74, 6) is 0. The highest BCUT2D eigenvalue weighted by molar-refractivity contribution is 7.33. The van der Waals surface area contributed by atoms with Crippen molar-refractivity contribution in [2.75, 3.05) is 9.80 Å². The van der Waals surface area contributed by atoms with Crippen LogP contribution in [0, 0.1) is 6.92 Å². The summed E-state index contributed by atoms with van der Waals surface area (Å²) in [6.45, 7) is 26.2. The molecule has 0 saturated carbocycles. The van der Waals surface area contributed by atoms with Gasteiger partial charge in [-0.2, -0.15) is 0 Å². The van der Waals surface area contributed by atoms with Crippen LogP contribution < -0.4 is 25.5 Å². The van der Waals surface area contributed by atoms with Crippen LogP contribution in [0.3, 0.4) is 0 Å². The van der Waals surface area contributed by atoms with E-state index in [0.717, 1.165) is 0 Å². The van der Waals surface area contributed by atoms with E-state index < -0.39 is 0 Å². The monoisotopic (exact) mass is 788 g/mol. The predicted molar refractivity (Wildman–Crippen MR) is 259 cm³/mol. The smallest absolute Gasteiger partial charge is 0.264 e. The van der Waals surface area contributed by atoms with Gasteiger partial charge in [0.05, 0.1) is 5.69 Å². The summed E-state index contributed by atoms with van der Waals surface area (Å²) in [6, 6.07) is 47.0. The average molecular weight is 789 g/mol. The molecule has 2 nitrogen and oxygen atoms in total. The van der Waals surface area contributed by atoms with Crippen LogP contribution in [0.25, 0.3) is 21.2 Å². The minimum atomic E-state index is 0.0272. The molecular formula is C55H57BN2S. The molecule has 0 saturated heterocycles. The zero-order chi connectivity index (χ0) is 41.4. The van der Waals surface area contributed by atoms with E-state index in [4.69, 9.17) is 0 Å². The van der Waals surface area contributed by atoms with Gasteiger partial charge in [0.15, 0.2) is 0 Å². The standard InChI is InChI=1S/C55H57BN2S/c1-34-29-46-49-47(30-34)58(40-22-17-36(18-23-40)35-15-13-12-14-16-35)50-41-31-38(53(5,6)7)21-26-48(41)59-51(50)56(49)44-32-42-43(55(10,11)28-27-54(42,8)9)33-45(44)57(46)39-24-19-37(20-25-39)52(2,3)4/h12-26,29-33H,27-28H2,1-11H3. The lowest BCUT2D eigenvalue weighted by Gasteiger charge is -2.47. The third kappa shape index (κ3) is 6.03. The number of rotatable bonds is 3. The van der Waals surface area contributed by atoms with Crippen LogP contribution in [-0.4, -0.2) is 6.71 Å². The summed E-state index contributed by atoms with van der Waals surface area (Å²) in [5, 5.41) is 1.35. The second-order valence-electron chi connectivity index (χ2n) is 21.0. The first-order valence-electron chi connectivity index (χ1n) is 21.7. The van der Waals surface area contributed by atoms with Crippen molar-refractivity contribution in [3.63, 3.8) is 0 Å². The number of hydrogen-bond donors (Lipinski definition) is 0. The summed E-state index contributed by atoms with van der Waals surface area (Å²) in [6.07, 6.45) is 2.37. The fourth-order valence-corrected chi connectivity index (χ4v) is 11.5. The van der Waals surface area contributed by atoms with E-state index in [-0.39, 0.29) is 28.4 Å². The quantitative estimate of drug-likeness (QED) is 0.165. The SMILES string of the molecule is Cc1cc2c3c(c1)N(c1ccc(-c4ccccc4)cc1)c1c(sc4ccc(C(C)(C)C)cc14)B3c1cc3c(cc1N2c1ccc(C(C)(C)C)cc1)C(C)(C)CCC3(C)C. The highest BCUT2D eigenvalue weighted by Gasteiger charge is 2.48. The second-order valence-corrected chi connectivity index (χ2v) is 22.1. The minimum absolute atomic E-state index is 0.0272. The van der Waals surface area contributed by atoms with Crippen LogP contribution in [0.4, 0.5) is 34.1 Å². The first kappa shape index (κ1) is 38.2. The molecule has 1 aliphatic carbocycles. The number of fused-ring (bicyclic) bond motifs is 7. The van der Waals surface area contributed by atoms with Crippen molar-refractivity contribution in [1.82, 2.24) is 0 Å². The molecule has 296 valence electrons. The number of aryl methyl sites for hydroxylation is 1. The molecule has 0 unspecified atom stereocenters. The molecule has 7 aromatic rings. The number of anilines is 6. The Morgan fingerprint density at radius 3 is 1.73 bits per heavy atom. The number of thiophene rings is 1. The lowest BCUT2D eigenvalue weighted by Crippen LogP contribution is -2.61. The normalized spacial score (nSPS) is 16.4. The molecule has 3 heterocycles. The number of hydrogen-bond acceptors (Lipinski definition) is 3. The van der Waals surface area contributed by atoms with Crippen LogP contribution in [-0.2, 0) is 21.7 Å². The van der Waals surface area contributed by atoms with Crippen LogP contribution in [0.15, 0.2) is 121 Å². The van der Waals surface area contributed by atoms with Gasteiger partial charge in [-0.1, -0.05) is 136 Å². The van der Waals surface area contributed by atoms with E-state index in [1.54, 1.807) is 0 Å². The summed E-state index contributed by atoms with van der Waals surface area (Å²) in [7, 11) is 0. The molecule has 3 aliphatic rings. The summed E-state index contributed by atoms with van der Waals surface area (Å²) >= 11 is 2.00. The highest BCUT2D eigenvalue weighted by atomic mass is 32.1. The molecular weight excluding hydrogens is 731 g/mol. The van der Waals surface area contributed by atoms with Gasteiger partial charge in [0.1, 0.15) is 0 Å². The molecule has 59 heavy (non-hydrogen) atoms. The van der Waals surface area contributed by atoms with Crippen molar-refractivity contribution in [3.8, 4) is 11.1 Å². The van der Waals surface area contributed by atoms with Crippen molar-refractivity contribution >= 4 is 78.0 Å². The molecule has 0 atom stereocenters. The largest absolute Gasteiger partial charge is 0.311 e. The van der Waals surface area contributed by atoms with E-state index in [1.165, 1.54) is 112 Å². The van der Waals surface area contributed by atoms with E-state index >= 15 is 0 Å². The van der Waals surface area contributed by atoms with Gasteiger partial charge in [-0.25, -0.2) is 0 Å². The summed E-state index contributed by atoms with van der Waals surface area (Å²) in [5.41, 5.74) is 20.2. The Labute approximate surface area is 357 Å². The first-order valence-corrected chi connectivity index (χ1v) is 22.5. The minimum Gasteiger partial charge on any atom is -0.311 e. The Bertz CT molecular complexity index is 2790. The Balaban J connectivity index is 1.30. The van der Waals surface area contributed by atoms with Crippen LogP contribution in [0.5, 0.6) is 0 Å². The van der Waals surface area contributed by atoms with Crippen molar-refractivity contribution in [2.24, 2.45) is 0 Å². The van der Waals surface area contributed by atoms with Crippen LogP contribution in [0.1, 0.15) is 110 Å². The van der Waals surface area contributed by atoms with Crippen molar-refractivity contribution in [3.05, 3.63) is 149 Å². The van der Waals surface area contributed by atoms with Gasteiger partial charge in [0.2, 0.25) is 0 Å². The third-order valence-electron chi connectivity index (χ3n) is 13.9. The van der Waals surface area contributed by atoms with Crippen molar-refractivity contribution < 1.29 is 0 Å². The molecule has 1 aromatic heterocycles. The molecule has 10 rings (SSSR count). The van der Waals surface area contributed by atoms with Crippen LogP contribution >= 0.6 is 11.3 Å². The zero-order valence-corrected chi connectivity index (χ0v) is 37.7. The maximum absolute atomic E-state index is 2.67. The summed E-state index contributed by atoms with van der Waals surface area (Å²) in [4.78, 5) is 5.24. The summed E-state index contributed by atoms with van der Waals surface area (Å²) < 4.78 is 2.79. The fourth-order valence-electron chi connectivity index (χ4n) is 10.2. The Morgan fingerprint density at radius 1 is 0.559 bits per heavy atom. The average Bonchev–Trinajstić information content (AvgIpc) is 3.57. The van der Waals surface area contributed by atoms with Gasteiger partial charge < -0.3 is 9.80 Å². The third-order valence-corrected chi connectivity index (χ3v) is 15.1. The predicted octanol–water partition coefficient (Wildman–Crippen LogP) is 13.9. The van der Waals surface area contributed by atoms with E-state index in [1.807, 2.05) is 11.3 Å². The lowest BCUT2D eigenvalue weighted by molar-refractivity contribution is 0.332. The maximum Gasteiger partial charge on any atom is 0.264 e. The van der Waals surface area contributed by atoms with E-state index in [9.17, 15) is 0 Å².